The predicted molar refractivity (Wildman–Crippen MR) is 130 cm³/mol. The second-order valence-electron chi connectivity index (χ2n) is 7.66. The number of ether oxygens (including phenoxy) is 2. The zero-order valence-electron chi connectivity index (χ0n) is 19.1. The molecule has 2 amide bonds. The van der Waals surface area contributed by atoms with E-state index in [1.54, 1.807) is 30.2 Å². The van der Waals surface area contributed by atoms with Crippen LogP contribution in [-0.4, -0.2) is 68.1 Å². The quantitative estimate of drug-likeness (QED) is 0.568. The number of benzene rings is 2. The molecule has 0 saturated carbocycles. The summed E-state index contributed by atoms with van der Waals surface area (Å²) in [6, 6.07) is 13.3. The number of methoxy groups -OCH3 is 1. The number of nitrogens with zero attached hydrogens (tertiary/aromatic N) is 2. The van der Waals surface area contributed by atoms with Crippen LogP contribution in [0.4, 0.5) is 0 Å². The second kappa shape index (κ2) is 12.3. The Morgan fingerprint density at radius 2 is 1.85 bits per heavy atom. The fourth-order valence-corrected chi connectivity index (χ4v) is 3.85. The minimum absolute atomic E-state index is 0.0140. The molecule has 3 rings (SSSR count). The van der Waals surface area contributed by atoms with Gasteiger partial charge >= 0.3 is 0 Å². The summed E-state index contributed by atoms with van der Waals surface area (Å²) < 4.78 is 10.9. The van der Waals surface area contributed by atoms with Crippen molar-refractivity contribution in [3.8, 4) is 11.5 Å². The Morgan fingerprint density at radius 3 is 2.52 bits per heavy atom. The van der Waals surface area contributed by atoms with Crippen LogP contribution >= 0.6 is 11.6 Å². The highest BCUT2D eigenvalue weighted by molar-refractivity contribution is 6.32. The van der Waals surface area contributed by atoms with Crippen molar-refractivity contribution in [2.45, 2.75) is 13.5 Å². The van der Waals surface area contributed by atoms with E-state index in [1.807, 2.05) is 37.3 Å². The van der Waals surface area contributed by atoms with E-state index in [1.165, 1.54) is 6.08 Å². The molecule has 2 aromatic rings. The van der Waals surface area contributed by atoms with Crippen molar-refractivity contribution in [1.29, 1.82) is 0 Å². The SMILES string of the molecule is CCOc1c(Cl)cc(C=CC(=O)N2CCN(CC(=O)NCc3ccccc3)CC2)cc1OC. The fourth-order valence-electron chi connectivity index (χ4n) is 3.58. The molecule has 1 fully saturated rings. The van der Waals surface area contributed by atoms with Crippen molar-refractivity contribution >= 4 is 29.5 Å². The van der Waals surface area contributed by atoms with Crippen LogP contribution in [-0.2, 0) is 16.1 Å². The van der Waals surface area contributed by atoms with Gasteiger partial charge in [0.1, 0.15) is 0 Å². The maximum atomic E-state index is 12.6. The van der Waals surface area contributed by atoms with Gasteiger partial charge in [-0.2, -0.15) is 0 Å². The Labute approximate surface area is 199 Å². The molecule has 0 unspecified atom stereocenters. The molecular weight excluding hydrogens is 442 g/mol. The van der Waals surface area contributed by atoms with Gasteiger partial charge in [-0.3, -0.25) is 14.5 Å². The molecule has 0 bridgehead atoms. The number of piperazine rings is 1. The average molecular weight is 472 g/mol. The van der Waals surface area contributed by atoms with Gasteiger partial charge in [-0.05, 0) is 36.3 Å². The summed E-state index contributed by atoms with van der Waals surface area (Å²) in [7, 11) is 1.55. The van der Waals surface area contributed by atoms with E-state index in [0.29, 0.717) is 62.4 Å². The van der Waals surface area contributed by atoms with Crippen molar-refractivity contribution in [2.75, 3.05) is 46.4 Å². The third kappa shape index (κ3) is 7.23. The first-order chi connectivity index (χ1) is 16.0. The van der Waals surface area contributed by atoms with Gasteiger partial charge in [0.2, 0.25) is 11.8 Å². The third-order valence-corrected chi connectivity index (χ3v) is 5.62. The van der Waals surface area contributed by atoms with Gasteiger partial charge in [0.25, 0.3) is 0 Å². The minimum atomic E-state index is -0.0767. The maximum Gasteiger partial charge on any atom is 0.246 e. The lowest BCUT2D eigenvalue weighted by Crippen LogP contribution is -2.50. The normalized spacial score (nSPS) is 14.3. The van der Waals surface area contributed by atoms with Crippen LogP contribution in [0.2, 0.25) is 5.02 Å². The molecule has 1 saturated heterocycles. The van der Waals surface area contributed by atoms with Crippen molar-refractivity contribution in [3.05, 3.63) is 64.7 Å². The van der Waals surface area contributed by atoms with Crippen LogP contribution in [0.25, 0.3) is 6.08 Å². The van der Waals surface area contributed by atoms with Gasteiger partial charge in [-0.15, -0.1) is 0 Å². The monoisotopic (exact) mass is 471 g/mol. The molecule has 2 aromatic carbocycles. The highest BCUT2D eigenvalue weighted by atomic mass is 35.5. The molecule has 8 heteroatoms. The molecule has 1 aliphatic rings. The standard InChI is InChI=1S/C25H30ClN3O4/c1-3-33-25-21(26)15-20(16-22(25)32-2)9-10-24(31)29-13-11-28(12-14-29)18-23(30)27-17-19-7-5-4-6-8-19/h4-10,15-16H,3,11-14,17-18H2,1-2H3,(H,27,30). The number of carbonyl (C=O) groups excluding carboxylic acids is 2. The molecule has 33 heavy (non-hydrogen) atoms. The molecule has 0 aromatic heterocycles. The van der Waals surface area contributed by atoms with Crippen molar-refractivity contribution < 1.29 is 19.1 Å². The summed E-state index contributed by atoms with van der Waals surface area (Å²) in [5.74, 6) is 0.927. The van der Waals surface area contributed by atoms with E-state index in [2.05, 4.69) is 10.2 Å². The first-order valence-electron chi connectivity index (χ1n) is 11.0. The smallest absolute Gasteiger partial charge is 0.246 e. The van der Waals surface area contributed by atoms with Gasteiger partial charge < -0.3 is 19.7 Å². The number of nitrogens with one attached hydrogen (secondary N) is 1. The number of hydrogen-bond acceptors (Lipinski definition) is 5. The Balaban J connectivity index is 1.46. The number of halogens is 1. The van der Waals surface area contributed by atoms with E-state index in [9.17, 15) is 9.59 Å². The van der Waals surface area contributed by atoms with E-state index in [-0.39, 0.29) is 11.8 Å². The predicted octanol–water partition coefficient (Wildman–Crippen LogP) is 3.22. The topological polar surface area (TPSA) is 71.1 Å². The highest BCUT2D eigenvalue weighted by Crippen LogP contribution is 2.36. The van der Waals surface area contributed by atoms with Crippen molar-refractivity contribution in [2.24, 2.45) is 0 Å². The molecule has 0 atom stereocenters. The van der Waals surface area contributed by atoms with Gasteiger partial charge in [0.05, 0.1) is 25.3 Å². The molecule has 7 nitrogen and oxygen atoms in total. The molecular formula is C25H30ClN3O4. The van der Waals surface area contributed by atoms with Gasteiger partial charge in [-0.25, -0.2) is 0 Å². The van der Waals surface area contributed by atoms with E-state index < -0.39 is 0 Å². The molecule has 0 spiro atoms. The number of rotatable bonds is 9. The minimum Gasteiger partial charge on any atom is -0.493 e. The van der Waals surface area contributed by atoms with Crippen LogP contribution in [0.5, 0.6) is 11.5 Å². The fraction of sp³-hybridized carbons (Fsp3) is 0.360. The first-order valence-corrected chi connectivity index (χ1v) is 11.4. The summed E-state index contributed by atoms with van der Waals surface area (Å²) in [5.41, 5.74) is 1.82. The third-order valence-electron chi connectivity index (χ3n) is 5.34. The molecule has 1 aliphatic heterocycles. The Morgan fingerprint density at radius 1 is 1.12 bits per heavy atom. The van der Waals surface area contributed by atoms with Crippen LogP contribution in [0.1, 0.15) is 18.1 Å². The van der Waals surface area contributed by atoms with Crippen molar-refractivity contribution in [3.63, 3.8) is 0 Å². The molecule has 1 heterocycles. The van der Waals surface area contributed by atoms with E-state index >= 15 is 0 Å². The van der Waals surface area contributed by atoms with Crippen LogP contribution in [0.15, 0.2) is 48.5 Å². The van der Waals surface area contributed by atoms with Crippen LogP contribution in [0, 0.1) is 0 Å². The van der Waals surface area contributed by atoms with E-state index in [0.717, 1.165) is 11.1 Å². The summed E-state index contributed by atoms with van der Waals surface area (Å²) in [6.07, 6.45) is 3.25. The molecule has 1 N–H and O–H groups in total. The summed E-state index contributed by atoms with van der Waals surface area (Å²) >= 11 is 6.30. The lowest BCUT2D eigenvalue weighted by atomic mass is 10.1. The zero-order valence-corrected chi connectivity index (χ0v) is 19.8. The number of amides is 2. The maximum absolute atomic E-state index is 12.6. The first kappa shape index (κ1) is 24.6. The molecule has 176 valence electrons. The van der Waals surface area contributed by atoms with Crippen LogP contribution in [0.3, 0.4) is 0 Å². The van der Waals surface area contributed by atoms with Gasteiger partial charge in [-0.1, -0.05) is 41.9 Å². The molecule has 0 radical (unpaired) electrons. The van der Waals surface area contributed by atoms with Crippen molar-refractivity contribution in [1.82, 2.24) is 15.1 Å². The lowest BCUT2D eigenvalue weighted by molar-refractivity contribution is -0.128. The van der Waals surface area contributed by atoms with Crippen LogP contribution < -0.4 is 14.8 Å². The summed E-state index contributed by atoms with van der Waals surface area (Å²) in [4.78, 5) is 28.7. The van der Waals surface area contributed by atoms with Gasteiger partial charge in [0, 0.05) is 38.8 Å². The molecule has 0 aliphatic carbocycles. The Kier molecular flexibility index (Phi) is 9.15. The number of carbonyl (C=O) groups is 2. The number of hydrogen-bond donors (Lipinski definition) is 1. The second-order valence-corrected chi connectivity index (χ2v) is 8.07. The Hall–Kier alpha value is -3.03. The summed E-state index contributed by atoms with van der Waals surface area (Å²) in [5, 5.41) is 3.37. The van der Waals surface area contributed by atoms with E-state index in [4.69, 9.17) is 21.1 Å². The van der Waals surface area contributed by atoms with Gasteiger partial charge in [0.15, 0.2) is 11.5 Å². The lowest BCUT2D eigenvalue weighted by Gasteiger charge is -2.33. The Bertz CT molecular complexity index is 973. The zero-order chi connectivity index (χ0) is 23.6. The summed E-state index contributed by atoms with van der Waals surface area (Å²) in [6.45, 7) is 5.65. The average Bonchev–Trinajstić information content (AvgIpc) is 2.83. The highest BCUT2D eigenvalue weighted by Gasteiger charge is 2.21. The largest absolute Gasteiger partial charge is 0.493 e.